The number of aliphatic imine (C=N–C) groups is 1. The van der Waals surface area contributed by atoms with Gasteiger partial charge in [-0.2, -0.15) is 13.2 Å². The minimum atomic E-state index is -4.37. The highest BCUT2D eigenvalue weighted by molar-refractivity contribution is 14.0. The minimum absolute atomic E-state index is 0. The van der Waals surface area contributed by atoms with Gasteiger partial charge in [0.1, 0.15) is 0 Å². The largest absolute Gasteiger partial charge is 0.434 e. The first-order chi connectivity index (χ1) is 11.4. The highest BCUT2D eigenvalue weighted by Crippen LogP contribution is 2.29. The van der Waals surface area contributed by atoms with E-state index in [1.54, 1.807) is 0 Å². The number of alkyl halides is 3. The molecule has 1 fully saturated rings. The van der Waals surface area contributed by atoms with Crippen LogP contribution in [0.3, 0.4) is 0 Å². The van der Waals surface area contributed by atoms with Gasteiger partial charge in [-0.15, -0.1) is 35.3 Å². The van der Waals surface area contributed by atoms with Crippen LogP contribution in [0.5, 0.6) is 0 Å². The average Bonchev–Trinajstić information content (AvgIpc) is 3.13. The molecule has 0 spiro atoms. The van der Waals surface area contributed by atoms with Crippen LogP contribution in [0.25, 0.3) is 0 Å². The molecule has 0 amide bonds. The third-order valence-electron chi connectivity index (χ3n) is 3.95. The Morgan fingerprint density at radius 2 is 2.20 bits per heavy atom. The number of rotatable bonds is 6. The summed E-state index contributed by atoms with van der Waals surface area (Å²) in [7, 11) is 2.11. The van der Waals surface area contributed by atoms with E-state index < -0.39 is 11.9 Å². The van der Waals surface area contributed by atoms with Gasteiger partial charge in [-0.1, -0.05) is 0 Å². The summed E-state index contributed by atoms with van der Waals surface area (Å²) >= 11 is 1.04. The maximum Gasteiger partial charge on any atom is 0.434 e. The van der Waals surface area contributed by atoms with Gasteiger partial charge in [0.25, 0.3) is 0 Å². The summed E-state index contributed by atoms with van der Waals surface area (Å²) in [6, 6.07) is 0.466. The number of thiazole rings is 1. The topological polar surface area (TPSA) is 52.6 Å². The summed E-state index contributed by atoms with van der Waals surface area (Å²) in [5, 5.41) is 7.86. The first-order valence-corrected chi connectivity index (χ1v) is 9.02. The van der Waals surface area contributed by atoms with Gasteiger partial charge < -0.3 is 15.5 Å². The summed E-state index contributed by atoms with van der Waals surface area (Å²) in [5.41, 5.74) is -0.813. The van der Waals surface area contributed by atoms with Crippen LogP contribution in [0.2, 0.25) is 0 Å². The van der Waals surface area contributed by atoms with Gasteiger partial charge in [0.15, 0.2) is 11.7 Å². The molecule has 2 rings (SSSR count). The lowest BCUT2D eigenvalue weighted by Gasteiger charge is -2.18. The van der Waals surface area contributed by atoms with E-state index in [2.05, 4.69) is 32.6 Å². The van der Waals surface area contributed by atoms with Crippen molar-refractivity contribution in [2.24, 2.45) is 4.99 Å². The number of aromatic nitrogens is 1. The Balaban J connectivity index is 0.00000312. The van der Waals surface area contributed by atoms with Crippen LogP contribution in [0.1, 0.15) is 30.5 Å². The molecule has 2 N–H and O–H groups in total. The highest BCUT2D eigenvalue weighted by atomic mass is 127. The number of hydrogen-bond acceptors (Lipinski definition) is 4. The summed E-state index contributed by atoms with van der Waals surface area (Å²) < 4.78 is 37.6. The van der Waals surface area contributed by atoms with Crippen molar-refractivity contribution in [3.05, 3.63) is 16.1 Å². The van der Waals surface area contributed by atoms with E-state index in [0.717, 1.165) is 42.8 Å². The monoisotopic (exact) mass is 491 g/mol. The Morgan fingerprint density at radius 1 is 1.44 bits per heavy atom. The molecule has 0 aromatic carbocycles. The summed E-state index contributed by atoms with van der Waals surface area (Å²) in [6.45, 7) is 5.05. The molecule has 144 valence electrons. The highest BCUT2D eigenvalue weighted by Gasteiger charge is 2.33. The van der Waals surface area contributed by atoms with Crippen molar-refractivity contribution < 1.29 is 13.2 Å². The zero-order chi connectivity index (χ0) is 17.6. The van der Waals surface area contributed by atoms with Crippen molar-refractivity contribution in [3.63, 3.8) is 0 Å². The van der Waals surface area contributed by atoms with Gasteiger partial charge in [-0.25, -0.2) is 4.98 Å². The van der Waals surface area contributed by atoms with Crippen LogP contribution >= 0.6 is 35.3 Å². The third-order valence-corrected chi connectivity index (χ3v) is 4.86. The number of guanidine groups is 1. The van der Waals surface area contributed by atoms with E-state index in [9.17, 15) is 13.2 Å². The van der Waals surface area contributed by atoms with Gasteiger partial charge in [0.05, 0.1) is 11.6 Å². The Bertz CT molecular complexity index is 550. The molecule has 1 aromatic rings. The predicted molar refractivity (Wildman–Crippen MR) is 106 cm³/mol. The second-order valence-corrected chi connectivity index (χ2v) is 6.74. The van der Waals surface area contributed by atoms with E-state index in [4.69, 9.17) is 0 Å². The molecule has 0 radical (unpaired) electrons. The van der Waals surface area contributed by atoms with Crippen molar-refractivity contribution in [1.82, 2.24) is 20.5 Å². The van der Waals surface area contributed by atoms with Crippen molar-refractivity contribution in [2.45, 2.75) is 38.4 Å². The van der Waals surface area contributed by atoms with Crippen LogP contribution < -0.4 is 10.6 Å². The lowest BCUT2D eigenvalue weighted by atomic mass is 10.2. The molecule has 1 unspecified atom stereocenters. The molecular weight excluding hydrogens is 466 g/mol. The zero-order valence-electron chi connectivity index (χ0n) is 14.4. The number of halogens is 4. The number of nitrogens with one attached hydrogen (secondary N) is 2. The Kier molecular flexibility index (Phi) is 9.43. The molecule has 1 aromatic heterocycles. The molecule has 0 bridgehead atoms. The number of hydrogen-bond donors (Lipinski definition) is 2. The van der Waals surface area contributed by atoms with E-state index in [-0.39, 0.29) is 24.0 Å². The Morgan fingerprint density at radius 3 is 2.76 bits per heavy atom. The second-order valence-electron chi connectivity index (χ2n) is 5.80. The molecule has 1 atom stereocenters. The summed E-state index contributed by atoms with van der Waals surface area (Å²) in [6.07, 6.45) is -1.58. The maximum atomic E-state index is 12.5. The van der Waals surface area contributed by atoms with Gasteiger partial charge in [-0.3, -0.25) is 4.99 Å². The SMILES string of the molecule is CCNC(=NCC1CCCN1C)NCCc1nc(C(F)(F)F)cs1.I. The first kappa shape index (κ1) is 22.4. The van der Waals surface area contributed by atoms with Gasteiger partial charge in [0.2, 0.25) is 0 Å². The number of likely N-dealkylation sites (N-methyl/N-ethyl adjacent to an activating group) is 1. The third kappa shape index (κ3) is 7.26. The number of nitrogens with zero attached hydrogens (tertiary/aromatic N) is 3. The van der Waals surface area contributed by atoms with E-state index in [0.29, 0.717) is 30.0 Å². The van der Waals surface area contributed by atoms with E-state index >= 15 is 0 Å². The van der Waals surface area contributed by atoms with Crippen LogP contribution in [0.15, 0.2) is 10.4 Å². The molecule has 0 saturated carbocycles. The van der Waals surface area contributed by atoms with Crippen LogP contribution in [-0.4, -0.2) is 55.1 Å². The van der Waals surface area contributed by atoms with Gasteiger partial charge in [-0.05, 0) is 33.4 Å². The molecule has 10 heteroatoms. The minimum Gasteiger partial charge on any atom is -0.357 e. The predicted octanol–water partition coefficient (Wildman–Crippen LogP) is 2.97. The fourth-order valence-corrected chi connectivity index (χ4v) is 3.40. The van der Waals surface area contributed by atoms with Crippen molar-refractivity contribution in [2.75, 3.05) is 33.2 Å². The molecular formula is C15H25F3IN5S. The molecule has 1 aliphatic rings. The van der Waals surface area contributed by atoms with E-state index in [1.165, 1.54) is 6.42 Å². The van der Waals surface area contributed by atoms with Crippen molar-refractivity contribution in [1.29, 1.82) is 0 Å². The van der Waals surface area contributed by atoms with Crippen molar-refractivity contribution in [3.8, 4) is 0 Å². The normalized spacial score (nSPS) is 18.9. The molecule has 5 nitrogen and oxygen atoms in total. The maximum absolute atomic E-state index is 12.5. The first-order valence-electron chi connectivity index (χ1n) is 8.14. The number of likely N-dealkylation sites (tertiary alicyclic amines) is 1. The summed E-state index contributed by atoms with van der Waals surface area (Å²) in [5.74, 6) is 0.699. The molecule has 2 heterocycles. The summed E-state index contributed by atoms with van der Waals surface area (Å²) in [4.78, 5) is 10.5. The lowest BCUT2D eigenvalue weighted by molar-refractivity contribution is -0.140. The van der Waals surface area contributed by atoms with Gasteiger partial charge >= 0.3 is 6.18 Å². The Hall–Kier alpha value is -0.620. The average molecular weight is 491 g/mol. The molecule has 1 aliphatic heterocycles. The van der Waals surface area contributed by atoms with Crippen LogP contribution in [0.4, 0.5) is 13.2 Å². The molecule has 1 saturated heterocycles. The fourth-order valence-electron chi connectivity index (χ4n) is 2.59. The molecule has 0 aliphatic carbocycles. The van der Waals surface area contributed by atoms with E-state index in [1.807, 2.05) is 6.92 Å². The fraction of sp³-hybridized carbons (Fsp3) is 0.733. The van der Waals surface area contributed by atoms with Crippen LogP contribution in [0, 0.1) is 0 Å². The lowest BCUT2D eigenvalue weighted by Crippen LogP contribution is -2.39. The van der Waals surface area contributed by atoms with Crippen molar-refractivity contribution >= 4 is 41.3 Å². The smallest absolute Gasteiger partial charge is 0.357 e. The van der Waals surface area contributed by atoms with Crippen LogP contribution in [-0.2, 0) is 12.6 Å². The quantitative estimate of drug-likeness (QED) is 0.365. The molecule has 25 heavy (non-hydrogen) atoms. The Labute approximate surface area is 167 Å². The standard InChI is InChI=1S/C15H24F3N5S.HI/c1-3-19-14(21-9-11-5-4-8-23(11)2)20-7-6-13-22-12(10-24-13)15(16,17)18;/h10-11H,3-9H2,1-2H3,(H2,19,20,21);1H. The second kappa shape index (κ2) is 10.5. The van der Waals surface area contributed by atoms with Gasteiger partial charge in [0, 0.05) is 30.9 Å². The zero-order valence-corrected chi connectivity index (χ0v) is 17.5.